The fourth-order valence-electron chi connectivity index (χ4n) is 3.20. The normalized spacial score (nSPS) is 19.5. The molecule has 24 heavy (non-hydrogen) atoms. The van der Waals surface area contributed by atoms with E-state index in [2.05, 4.69) is 6.07 Å². The molecule has 5 heteroatoms. The summed E-state index contributed by atoms with van der Waals surface area (Å²) >= 11 is 5.93. The number of nitriles is 1. The zero-order valence-electron chi connectivity index (χ0n) is 13.8. The zero-order valence-corrected chi connectivity index (χ0v) is 14.6. The van der Waals surface area contributed by atoms with Gasteiger partial charge >= 0.3 is 0 Å². The topological polar surface area (TPSA) is 53.3 Å². The second-order valence-electron chi connectivity index (χ2n) is 6.88. The molecule has 0 bridgehead atoms. The number of ether oxygens (including phenoxy) is 1. The molecule has 1 aliphatic heterocycles. The number of carbonyl (C=O) groups excluding carboxylic acids is 1. The summed E-state index contributed by atoms with van der Waals surface area (Å²) in [6, 6.07) is 10.0. The van der Waals surface area contributed by atoms with Crippen LogP contribution in [0.5, 0.6) is 0 Å². The molecule has 0 N–H and O–H groups in total. The van der Waals surface area contributed by atoms with E-state index in [9.17, 15) is 10.1 Å². The number of amides is 1. The van der Waals surface area contributed by atoms with Gasteiger partial charge in [-0.15, -0.1) is 0 Å². The Morgan fingerprint density at radius 1 is 1.29 bits per heavy atom. The molecule has 1 heterocycles. The predicted octanol–water partition coefficient (Wildman–Crippen LogP) is 3.44. The number of rotatable bonds is 6. The third-order valence-electron chi connectivity index (χ3n) is 5.02. The van der Waals surface area contributed by atoms with Crippen LogP contribution in [0, 0.1) is 22.7 Å². The van der Waals surface area contributed by atoms with Crippen molar-refractivity contribution in [2.24, 2.45) is 11.3 Å². The summed E-state index contributed by atoms with van der Waals surface area (Å²) in [4.78, 5) is 15.0. The van der Waals surface area contributed by atoms with E-state index in [1.807, 2.05) is 29.2 Å². The van der Waals surface area contributed by atoms with Crippen LogP contribution in [-0.2, 0) is 16.0 Å². The predicted molar refractivity (Wildman–Crippen MR) is 92.6 cm³/mol. The molecule has 0 spiro atoms. The van der Waals surface area contributed by atoms with E-state index < -0.39 is 5.41 Å². The molecule has 1 amide bonds. The minimum Gasteiger partial charge on any atom is -0.381 e. The van der Waals surface area contributed by atoms with Crippen LogP contribution in [0.3, 0.4) is 0 Å². The minimum atomic E-state index is -0.896. The van der Waals surface area contributed by atoms with Crippen molar-refractivity contribution in [2.75, 3.05) is 26.3 Å². The van der Waals surface area contributed by atoms with Crippen LogP contribution in [0.4, 0.5) is 0 Å². The van der Waals surface area contributed by atoms with Gasteiger partial charge in [0.05, 0.1) is 6.07 Å². The summed E-state index contributed by atoms with van der Waals surface area (Å²) in [5.41, 5.74) is 0.263. The number of hydrogen-bond donors (Lipinski definition) is 0. The van der Waals surface area contributed by atoms with Crippen molar-refractivity contribution in [1.29, 1.82) is 5.26 Å². The van der Waals surface area contributed by atoms with E-state index in [0.29, 0.717) is 38.5 Å². The van der Waals surface area contributed by atoms with Gasteiger partial charge in [-0.1, -0.05) is 23.7 Å². The summed E-state index contributed by atoms with van der Waals surface area (Å²) in [6.07, 6.45) is 4.17. The summed E-state index contributed by atoms with van der Waals surface area (Å²) in [5.74, 6) is 0.601. The molecule has 1 aromatic rings. The van der Waals surface area contributed by atoms with Gasteiger partial charge in [0.1, 0.15) is 5.41 Å². The number of halogens is 1. The Labute approximate surface area is 148 Å². The molecule has 1 aromatic carbocycles. The fraction of sp³-hybridized carbons (Fsp3) is 0.579. The van der Waals surface area contributed by atoms with Crippen LogP contribution < -0.4 is 0 Å². The highest BCUT2D eigenvalue weighted by molar-refractivity contribution is 6.30. The van der Waals surface area contributed by atoms with Gasteiger partial charge < -0.3 is 9.64 Å². The molecule has 0 unspecified atom stereocenters. The van der Waals surface area contributed by atoms with Crippen LogP contribution in [0.15, 0.2) is 24.3 Å². The Balaban J connectivity index is 1.69. The Kier molecular flexibility index (Phi) is 5.43. The second kappa shape index (κ2) is 7.55. The second-order valence-corrected chi connectivity index (χ2v) is 7.31. The smallest absolute Gasteiger partial charge is 0.243 e. The lowest BCUT2D eigenvalue weighted by Crippen LogP contribution is -2.47. The first-order valence-electron chi connectivity index (χ1n) is 8.66. The van der Waals surface area contributed by atoms with Crippen LogP contribution in [0.25, 0.3) is 0 Å². The molecule has 0 atom stereocenters. The first-order valence-corrected chi connectivity index (χ1v) is 9.03. The van der Waals surface area contributed by atoms with E-state index >= 15 is 0 Å². The zero-order chi connectivity index (χ0) is 17.0. The van der Waals surface area contributed by atoms with Gasteiger partial charge in [-0.05, 0) is 55.7 Å². The van der Waals surface area contributed by atoms with E-state index in [-0.39, 0.29) is 5.91 Å². The molecule has 2 aliphatic rings. The van der Waals surface area contributed by atoms with E-state index in [4.69, 9.17) is 16.3 Å². The van der Waals surface area contributed by atoms with Gasteiger partial charge in [0.15, 0.2) is 0 Å². The van der Waals surface area contributed by atoms with E-state index in [0.717, 1.165) is 23.6 Å². The lowest BCUT2D eigenvalue weighted by Gasteiger charge is -2.35. The molecule has 1 saturated carbocycles. The first-order chi connectivity index (χ1) is 11.6. The van der Waals surface area contributed by atoms with Crippen molar-refractivity contribution < 1.29 is 9.53 Å². The fourth-order valence-corrected chi connectivity index (χ4v) is 3.32. The van der Waals surface area contributed by atoms with Crippen LogP contribution in [0.2, 0.25) is 5.02 Å². The molecule has 4 nitrogen and oxygen atoms in total. The van der Waals surface area contributed by atoms with Gasteiger partial charge in [-0.2, -0.15) is 5.26 Å². The molecule has 0 radical (unpaired) electrons. The summed E-state index contributed by atoms with van der Waals surface area (Å²) < 4.78 is 5.36. The van der Waals surface area contributed by atoms with Gasteiger partial charge in [-0.25, -0.2) is 0 Å². The largest absolute Gasteiger partial charge is 0.381 e. The van der Waals surface area contributed by atoms with Crippen molar-refractivity contribution in [3.63, 3.8) is 0 Å². The average molecular weight is 347 g/mol. The number of benzene rings is 1. The highest BCUT2D eigenvalue weighted by Gasteiger charge is 2.43. The van der Waals surface area contributed by atoms with Crippen LogP contribution in [-0.4, -0.2) is 37.1 Å². The van der Waals surface area contributed by atoms with Crippen molar-refractivity contribution in [1.82, 2.24) is 4.90 Å². The van der Waals surface area contributed by atoms with Gasteiger partial charge in [0, 0.05) is 31.3 Å². The number of hydrogen-bond acceptors (Lipinski definition) is 3. The maximum absolute atomic E-state index is 13.1. The minimum absolute atomic E-state index is 0.00540. The van der Waals surface area contributed by atoms with Gasteiger partial charge in [0.2, 0.25) is 5.91 Å². The molecular formula is C19H23ClN2O2. The molecule has 1 saturated heterocycles. The average Bonchev–Trinajstić information content (AvgIpc) is 3.44. The lowest BCUT2D eigenvalue weighted by molar-refractivity contribution is -0.143. The van der Waals surface area contributed by atoms with E-state index in [1.165, 1.54) is 12.8 Å². The Morgan fingerprint density at radius 2 is 1.96 bits per heavy atom. The Hall–Kier alpha value is -1.57. The highest BCUT2D eigenvalue weighted by atomic mass is 35.5. The lowest BCUT2D eigenvalue weighted by atomic mass is 9.80. The molecule has 1 aliphatic carbocycles. The standard InChI is InChI=1S/C19H23ClN2O2/c20-17-5-3-15(4-6-17)7-10-22(13-16-1-2-16)18(23)19(14-21)8-11-24-12-9-19/h3-6,16H,1-2,7-13H2. The van der Waals surface area contributed by atoms with Crippen molar-refractivity contribution in [3.05, 3.63) is 34.9 Å². The highest BCUT2D eigenvalue weighted by Crippen LogP contribution is 2.35. The first kappa shape index (κ1) is 17.3. The molecule has 128 valence electrons. The third kappa shape index (κ3) is 4.09. The van der Waals surface area contributed by atoms with Crippen molar-refractivity contribution in [2.45, 2.75) is 32.1 Å². The number of carbonyl (C=O) groups is 1. The van der Waals surface area contributed by atoms with E-state index in [1.54, 1.807) is 0 Å². The SMILES string of the molecule is N#CC1(C(=O)N(CCc2ccc(Cl)cc2)CC2CC2)CCOCC1. The summed E-state index contributed by atoms with van der Waals surface area (Å²) in [7, 11) is 0. The quantitative estimate of drug-likeness (QED) is 0.792. The maximum Gasteiger partial charge on any atom is 0.243 e. The molecule has 0 aromatic heterocycles. The van der Waals surface area contributed by atoms with Crippen molar-refractivity contribution >= 4 is 17.5 Å². The molecule has 2 fully saturated rings. The van der Waals surface area contributed by atoms with Gasteiger partial charge in [-0.3, -0.25) is 4.79 Å². The Bertz CT molecular complexity index is 613. The summed E-state index contributed by atoms with van der Waals surface area (Å²) in [6.45, 7) is 2.42. The van der Waals surface area contributed by atoms with Crippen molar-refractivity contribution in [3.8, 4) is 6.07 Å². The summed E-state index contributed by atoms with van der Waals surface area (Å²) in [5, 5.41) is 10.4. The number of nitrogens with zero attached hydrogens (tertiary/aromatic N) is 2. The van der Waals surface area contributed by atoms with Crippen LogP contribution >= 0.6 is 11.6 Å². The van der Waals surface area contributed by atoms with Gasteiger partial charge in [0.25, 0.3) is 0 Å². The molecular weight excluding hydrogens is 324 g/mol. The monoisotopic (exact) mass is 346 g/mol. The van der Waals surface area contributed by atoms with Crippen LogP contribution in [0.1, 0.15) is 31.2 Å². The maximum atomic E-state index is 13.1. The Morgan fingerprint density at radius 3 is 2.54 bits per heavy atom. The third-order valence-corrected chi connectivity index (χ3v) is 5.27. The molecule has 3 rings (SSSR count).